The standard InChI is InChI=1S/C14H16BrN3O2S/c1-8(2)18-13(20)16-17-14(18)21-9(3)12(19)10-4-6-11(15)7-5-10/h4-9H,1-3H3,(H,16,20). The topological polar surface area (TPSA) is 67.8 Å². The molecule has 2 rings (SSSR count). The highest BCUT2D eigenvalue weighted by Crippen LogP contribution is 2.25. The minimum atomic E-state index is -0.320. The van der Waals surface area contributed by atoms with E-state index in [0.717, 1.165) is 4.47 Å². The van der Waals surface area contributed by atoms with E-state index in [2.05, 4.69) is 26.1 Å². The molecule has 0 fully saturated rings. The molecule has 0 saturated carbocycles. The van der Waals surface area contributed by atoms with Crippen molar-refractivity contribution in [3.05, 3.63) is 44.8 Å². The summed E-state index contributed by atoms with van der Waals surface area (Å²) in [5.41, 5.74) is 0.392. The lowest BCUT2D eigenvalue weighted by molar-refractivity contribution is 0.0994. The van der Waals surface area contributed by atoms with E-state index in [1.807, 2.05) is 32.9 Å². The van der Waals surface area contributed by atoms with Gasteiger partial charge in [0.2, 0.25) is 0 Å². The molecule has 0 amide bonds. The molecule has 1 N–H and O–H groups in total. The van der Waals surface area contributed by atoms with Crippen molar-refractivity contribution < 1.29 is 4.79 Å². The van der Waals surface area contributed by atoms with Crippen LogP contribution in [0.15, 0.2) is 38.7 Å². The van der Waals surface area contributed by atoms with E-state index in [4.69, 9.17) is 0 Å². The first-order chi connectivity index (χ1) is 9.90. The Bertz CT molecular complexity index is 691. The Kier molecular flexibility index (Phi) is 5.05. The van der Waals surface area contributed by atoms with Gasteiger partial charge in [0.15, 0.2) is 10.9 Å². The fourth-order valence-corrected chi connectivity index (χ4v) is 3.22. The molecule has 0 spiro atoms. The third-order valence-corrected chi connectivity index (χ3v) is 4.56. The predicted octanol–water partition coefficient (Wildman–Crippen LogP) is 3.28. The molecule has 21 heavy (non-hydrogen) atoms. The Morgan fingerprint density at radius 2 is 1.90 bits per heavy atom. The van der Waals surface area contributed by atoms with Gasteiger partial charge in [0.1, 0.15) is 0 Å². The molecule has 5 nitrogen and oxygen atoms in total. The number of H-pyrrole nitrogens is 1. The maximum absolute atomic E-state index is 12.4. The van der Waals surface area contributed by atoms with Crippen LogP contribution in [0.25, 0.3) is 0 Å². The first-order valence-electron chi connectivity index (χ1n) is 6.53. The molecule has 0 aliphatic rings. The van der Waals surface area contributed by atoms with Crippen LogP contribution in [0.2, 0.25) is 0 Å². The van der Waals surface area contributed by atoms with Crippen LogP contribution in [0.1, 0.15) is 37.2 Å². The highest BCUT2D eigenvalue weighted by atomic mass is 79.9. The number of ketones is 1. The summed E-state index contributed by atoms with van der Waals surface area (Å²) in [6.45, 7) is 5.63. The highest BCUT2D eigenvalue weighted by molar-refractivity contribution is 9.10. The summed E-state index contributed by atoms with van der Waals surface area (Å²) in [4.78, 5) is 24.1. The third-order valence-electron chi connectivity index (χ3n) is 2.97. The van der Waals surface area contributed by atoms with E-state index < -0.39 is 0 Å². The summed E-state index contributed by atoms with van der Waals surface area (Å²) >= 11 is 4.63. The van der Waals surface area contributed by atoms with Crippen LogP contribution in [0, 0.1) is 0 Å². The number of aromatic amines is 1. The Hall–Kier alpha value is -1.34. The molecule has 1 atom stereocenters. The van der Waals surface area contributed by atoms with Crippen LogP contribution >= 0.6 is 27.7 Å². The van der Waals surface area contributed by atoms with Crippen molar-refractivity contribution in [2.24, 2.45) is 0 Å². The molecule has 1 aromatic heterocycles. The summed E-state index contributed by atoms with van der Waals surface area (Å²) in [7, 11) is 0. The maximum atomic E-state index is 12.4. The molecular weight excluding hydrogens is 354 g/mol. The molecule has 112 valence electrons. The van der Waals surface area contributed by atoms with Gasteiger partial charge in [-0.25, -0.2) is 9.89 Å². The lowest BCUT2D eigenvalue weighted by Gasteiger charge is -2.12. The fourth-order valence-electron chi connectivity index (χ4n) is 1.89. The number of hydrogen-bond donors (Lipinski definition) is 1. The number of benzene rings is 1. The third kappa shape index (κ3) is 3.65. The molecule has 0 saturated heterocycles. The Morgan fingerprint density at radius 3 is 2.48 bits per heavy atom. The highest BCUT2D eigenvalue weighted by Gasteiger charge is 2.21. The van der Waals surface area contributed by atoms with Gasteiger partial charge in [0.05, 0.1) is 5.25 Å². The molecular formula is C14H16BrN3O2S. The van der Waals surface area contributed by atoms with Crippen LogP contribution in [0.4, 0.5) is 0 Å². The smallest absolute Gasteiger partial charge is 0.293 e. The minimum Gasteiger partial charge on any atom is -0.293 e. The second-order valence-electron chi connectivity index (χ2n) is 4.91. The second kappa shape index (κ2) is 6.62. The zero-order chi connectivity index (χ0) is 15.6. The first kappa shape index (κ1) is 16.0. The first-order valence-corrected chi connectivity index (χ1v) is 8.20. The molecule has 2 aromatic rings. The lowest BCUT2D eigenvalue weighted by atomic mass is 10.1. The summed E-state index contributed by atoms with van der Waals surface area (Å²) in [5, 5.41) is 6.64. The summed E-state index contributed by atoms with van der Waals surface area (Å²) < 4.78 is 2.48. The molecule has 1 heterocycles. The summed E-state index contributed by atoms with van der Waals surface area (Å²) in [6.07, 6.45) is 0. The van der Waals surface area contributed by atoms with E-state index in [1.54, 1.807) is 16.7 Å². The predicted molar refractivity (Wildman–Crippen MR) is 87.0 cm³/mol. The number of hydrogen-bond acceptors (Lipinski definition) is 4. The van der Waals surface area contributed by atoms with Crippen molar-refractivity contribution in [3.63, 3.8) is 0 Å². The number of carbonyl (C=O) groups is 1. The zero-order valence-electron chi connectivity index (χ0n) is 12.0. The monoisotopic (exact) mass is 369 g/mol. The molecule has 7 heteroatoms. The zero-order valence-corrected chi connectivity index (χ0v) is 14.4. The number of halogens is 1. The van der Waals surface area contributed by atoms with Gasteiger partial charge in [-0.05, 0) is 32.9 Å². The number of rotatable bonds is 5. The summed E-state index contributed by atoms with van der Waals surface area (Å²) in [6, 6.07) is 7.23. The van der Waals surface area contributed by atoms with Gasteiger partial charge in [0, 0.05) is 16.1 Å². The van der Waals surface area contributed by atoms with Crippen molar-refractivity contribution >= 4 is 33.5 Å². The van der Waals surface area contributed by atoms with Crippen LogP contribution in [-0.2, 0) is 0 Å². The summed E-state index contributed by atoms with van der Waals surface area (Å²) in [5.74, 6) is 0.0123. The Labute approximate surface area is 135 Å². The molecule has 1 aromatic carbocycles. The Morgan fingerprint density at radius 1 is 1.29 bits per heavy atom. The van der Waals surface area contributed by atoms with Crippen LogP contribution in [0.3, 0.4) is 0 Å². The average Bonchev–Trinajstić information content (AvgIpc) is 2.79. The van der Waals surface area contributed by atoms with Crippen LogP contribution in [-0.4, -0.2) is 25.8 Å². The van der Waals surface area contributed by atoms with Crippen molar-refractivity contribution in [1.29, 1.82) is 0 Å². The number of aromatic nitrogens is 3. The molecule has 0 bridgehead atoms. The van der Waals surface area contributed by atoms with E-state index >= 15 is 0 Å². The van der Waals surface area contributed by atoms with Gasteiger partial charge in [-0.3, -0.25) is 9.36 Å². The van der Waals surface area contributed by atoms with E-state index in [-0.39, 0.29) is 22.8 Å². The quantitative estimate of drug-likeness (QED) is 0.648. The maximum Gasteiger partial charge on any atom is 0.344 e. The van der Waals surface area contributed by atoms with Crippen molar-refractivity contribution in [1.82, 2.24) is 14.8 Å². The normalized spacial score (nSPS) is 12.6. The number of thioether (sulfide) groups is 1. The van der Waals surface area contributed by atoms with Gasteiger partial charge >= 0.3 is 5.69 Å². The van der Waals surface area contributed by atoms with Crippen LogP contribution < -0.4 is 5.69 Å². The minimum absolute atomic E-state index is 0.00580. The van der Waals surface area contributed by atoms with Gasteiger partial charge in [0.25, 0.3) is 0 Å². The number of carbonyl (C=O) groups excluding carboxylic acids is 1. The van der Waals surface area contributed by atoms with Gasteiger partial charge in [-0.1, -0.05) is 39.8 Å². The molecule has 0 radical (unpaired) electrons. The number of Topliss-reactive ketones (excluding diaryl/α,β-unsaturated/α-hetero) is 1. The molecule has 0 aliphatic carbocycles. The fraction of sp³-hybridized carbons (Fsp3) is 0.357. The SMILES string of the molecule is CC(Sc1n[nH]c(=O)n1C(C)C)C(=O)c1ccc(Br)cc1. The Balaban J connectivity index is 2.18. The number of nitrogens with one attached hydrogen (secondary N) is 1. The van der Waals surface area contributed by atoms with Crippen molar-refractivity contribution in [2.45, 2.75) is 37.2 Å². The number of nitrogens with zero attached hydrogens (tertiary/aromatic N) is 2. The molecule has 0 aliphatic heterocycles. The average molecular weight is 370 g/mol. The van der Waals surface area contributed by atoms with Gasteiger partial charge in [-0.2, -0.15) is 0 Å². The lowest BCUT2D eigenvalue weighted by Crippen LogP contribution is -2.21. The van der Waals surface area contributed by atoms with Gasteiger partial charge < -0.3 is 0 Å². The van der Waals surface area contributed by atoms with E-state index in [1.165, 1.54) is 11.8 Å². The van der Waals surface area contributed by atoms with E-state index in [0.29, 0.717) is 10.7 Å². The largest absolute Gasteiger partial charge is 0.344 e. The van der Waals surface area contributed by atoms with Gasteiger partial charge in [-0.15, -0.1) is 5.10 Å². The molecule has 1 unspecified atom stereocenters. The van der Waals surface area contributed by atoms with Crippen LogP contribution in [0.5, 0.6) is 0 Å². The van der Waals surface area contributed by atoms with E-state index in [9.17, 15) is 9.59 Å². The van der Waals surface area contributed by atoms with Crippen molar-refractivity contribution in [2.75, 3.05) is 0 Å². The van der Waals surface area contributed by atoms with Crippen molar-refractivity contribution in [3.8, 4) is 0 Å². The second-order valence-corrected chi connectivity index (χ2v) is 7.13.